The Hall–Kier alpha value is -3.06. The molecule has 2 rings (SSSR count). The van der Waals surface area contributed by atoms with E-state index in [1.54, 1.807) is 48.5 Å². The van der Waals surface area contributed by atoms with Crippen molar-refractivity contribution >= 4 is 35.3 Å². The van der Waals surface area contributed by atoms with Crippen molar-refractivity contribution < 1.29 is 29.3 Å². The van der Waals surface area contributed by atoms with Gasteiger partial charge in [0.2, 0.25) is 0 Å². The van der Waals surface area contributed by atoms with E-state index in [-0.39, 0.29) is 13.0 Å². The lowest BCUT2D eigenvalue weighted by Crippen LogP contribution is -2.25. The van der Waals surface area contributed by atoms with Crippen molar-refractivity contribution in [1.82, 2.24) is 0 Å². The van der Waals surface area contributed by atoms with Crippen molar-refractivity contribution in [3.8, 4) is 0 Å². The zero-order valence-electron chi connectivity index (χ0n) is 13.5. The van der Waals surface area contributed by atoms with Crippen LogP contribution in [0.5, 0.6) is 0 Å². The number of rotatable bonds is 7. The first-order valence-electron chi connectivity index (χ1n) is 7.58. The highest BCUT2D eigenvalue weighted by Crippen LogP contribution is 2.15. The highest BCUT2D eigenvalue weighted by molar-refractivity contribution is 6.30. The fraction of sp³-hybridized carbons (Fsp3) is 0.167. The van der Waals surface area contributed by atoms with E-state index in [1.165, 1.54) is 0 Å². The van der Waals surface area contributed by atoms with Gasteiger partial charge in [0.15, 0.2) is 5.92 Å². The molecule has 0 bridgehead atoms. The number of anilines is 1. The Morgan fingerprint density at radius 2 is 1.62 bits per heavy atom. The van der Waals surface area contributed by atoms with E-state index in [1.807, 2.05) is 0 Å². The molecule has 0 spiro atoms. The fourth-order valence-corrected chi connectivity index (χ4v) is 2.32. The van der Waals surface area contributed by atoms with Gasteiger partial charge in [-0.3, -0.25) is 14.9 Å². The predicted octanol–water partition coefficient (Wildman–Crippen LogP) is 3.42. The minimum atomic E-state index is -1.53. The average Bonchev–Trinajstić information content (AvgIpc) is 2.60. The van der Waals surface area contributed by atoms with E-state index in [2.05, 4.69) is 5.32 Å². The zero-order valence-corrected chi connectivity index (χ0v) is 14.3. The number of ether oxygens (including phenoxy) is 1. The van der Waals surface area contributed by atoms with Gasteiger partial charge in [-0.25, -0.2) is 4.79 Å². The predicted molar refractivity (Wildman–Crippen MR) is 94.2 cm³/mol. The highest BCUT2D eigenvalue weighted by atomic mass is 35.5. The Morgan fingerprint density at radius 1 is 1.00 bits per heavy atom. The third kappa shape index (κ3) is 5.78. The lowest BCUT2D eigenvalue weighted by atomic mass is 9.98. The van der Waals surface area contributed by atoms with Crippen molar-refractivity contribution in [2.75, 3.05) is 5.32 Å². The van der Waals surface area contributed by atoms with Gasteiger partial charge in [-0.15, -0.1) is 0 Å². The summed E-state index contributed by atoms with van der Waals surface area (Å²) in [7, 11) is 0. The monoisotopic (exact) mass is 377 g/mol. The summed E-state index contributed by atoms with van der Waals surface area (Å²) < 4.78 is 5.10. The second-order valence-electron chi connectivity index (χ2n) is 5.46. The number of hydrogen-bond acceptors (Lipinski definition) is 4. The van der Waals surface area contributed by atoms with E-state index < -0.39 is 23.9 Å². The molecule has 0 aliphatic heterocycles. The Morgan fingerprint density at radius 3 is 2.23 bits per heavy atom. The van der Waals surface area contributed by atoms with Crippen molar-refractivity contribution in [3.05, 3.63) is 64.7 Å². The van der Waals surface area contributed by atoms with Gasteiger partial charge in [-0.2, -0.15) is 0 Å². The van der Waals surface area contributed by atoms with Gasteiger partial charge >= 0.3 is 18.0 Å². The van der Waals surface area contributed by atoms with E-state index >= 15 is 0 Å². The second-order valence-corrected chi connectivity index (χ2v) is 5.90. The van der Waals surface area contributed by atoms with Gasteiger partial charge in [0.25, 0.3) is 0 Å². The fourth-order valence-electron chi connectivity index (χ4n) is 2.20. The molecule has 0 heterocycles. The van der Waals surface area contributed by atoms with Crippen molar-refractivity contribution in [3.63, 3.8) is 0 Å². The molecule has 0 saturated heterocycles. The minimum absolute atomic E-state index is 0.0436. The molecular weight excluding hydrogens is 362 g/mol. The molecule has 7 nitrogen and oxygen atoms in total. The van der Waals surface area contributed by atoms with Gasteiger partial charge in [0.05, 0.1) is 0 Å². The first kappa shape index (κ1) is 19.3. The number of halogens is 1. The standard InChI is InChI=1S/C18H16ClNO6/c19-13-4-6-14(7-5-13)20-18(25)26-10-12-3-1-2-11(8-12)9-15(16(21)22)17(23)24/h1-8,15H,9-10H2,(H,20,25)(H,21,22)(H,23,24). The number of carboxylic acid groups (broad SMARTS) is 2. The quantitative estimate of drug-likeness (QED) is 0.637. The first-order chi connectivity index (χ1) is 12.3. The first-order valence-corrected chi connectivity index (χ1v) is 7.95. The molecule has 0 unspecified atom stereocenters. The normalized spacial score (nSPS) is 10.4. The van der Waals surface area contributed by atoms with Crippen LogP contribution >= 0.6 is 11.6 Å². The molecule has 136 valence electrons. The van der Waals surface area contributed by atoms with Crippen LogP contribution in [0.3, 0.4) is 0 Å². The molecule has 2 aromatic carbocycles. The number of hydrogen-bond donors (Lipinski definition) is 3. The maximum absolute atomic E-state index is 11.8. The summed E-state index contributed by atoms with van der Waals surface area (Å²) in [5.74, 6) is -4.33. The molecule has 2 aromatic rings. The number of carboxylic acids is 2. The van der Waals surface area contributed by atoms with Gasteiger partial charge in [0, 0.05) is 10.7 Å². The van der Waals surface area contributed by atoms with E-state index in [0.29, 0.717) is 21.8 Å². The highest BCUT2D eigenvalue weighted by Gasteiger charge is 2.25. The SMILES string of the molecule is O=C(Nc1ccc(Cl)cc1)OCc1cccc(CC(C(=O)O)C(=O)O)c1. The summed E-state index contributed by atoms with van der Waals surface area (Å²) in [5, 5.41) is 21.0. The Balaban J connectivity index is 1.93. The molecule has 0 fully saturated rings. The third-order valence-corrected chi connectivity index (χ3v) is 3.74. The van der Waals surface area contributed by atoms with E-state index in [4.69, 9.17) is 26.6 Å². The van der Waals surface area contributed by atoms with Crippen molar-refractivity contribution in [2.24, 2.45) is 5.92 Å². The molecule has 1 amide bonds. The molecule has 26 heavy (non-hydrogen) atoms. The molecule has 3 N–H and O–H groups in total. The zero-order chi connectivity index (χ0) is 19.1. The topological polar surface area (TPSA) is 113 Å². The van der Waals surface area contributed by atoms with Crippen LogP contribution in [0.15, 0.2) is 48.5 Å². The molecular formula is C18H16ClNO6. The number of aliphatic carboxylic acids is 2. The Bertz CT molecular complexity index is 792. The molecule has 0 aromatic heterocycles. The average molecular weight is 378 g/mol. The van der Waals surface area contributed by atoms with Crippen LogP contribution in [0.4, 0.5) is 10.5 Å². The Kier molecular flexibility index (Phi) is 6.57. The summed E-state index contributed by atoms with van der Waals surface area (Å²) in [5.41, 5.74) is 1.67. The lowest BCUT2D eigenvalue weighted by Gasteiger charge is -2.10. The second kappa shape index (κ2) is 8.87. The largest absolute Gasteiger partial charge is 0.481 e. The lowest BCUT2D eigenvalue weighted by molar-refractivity contribution is -0.154. The summed E-state index contributed by atoms with van der Waals surface area (Å²) in [6, 6.07) is 13.1. The van der Waals surface area contributed by atoms with E-state index in [0.717, 1.165) is 0 Å². The van der Waals surface area contributed by atoms with Gasteiger partial charge in [-0.05, 0) is 41.8 Å². The number of carbonyl (C=O) groups is 3. The summed E-state index contributed by atoms with van der Waals surface area (Å²) in [6.07, 6.45) is -0.818. The number of carbonyl (C=O) groups excluding carboxylic acids is 1. The molecule has 0 aliphatic carbocycles. The van der Waals surface area contributed by atoms with Crippen LogP contribution in [0, 0.1) is 5.92 Å². The van der Waals surface area contributed by atoms with E-state index in [9.17, 15) is 14.4 Å². The van der Waals surface area contributed by atoms with Crippen LogP contribution in [0.25, 0.3) is 0 Å². The van der Waals surface area contributed by atoms with Gasteiger partial charge in [-0.1, -0.05) is 35.9 Å². The molecule has 0 aliphatic rings. The van der Waals surface area contributed by atoms with Gasteiger partial charge < -0.3 is 14.9 Å². The number of nitrogens with one attached hydrogen (secondary N) is 1. The van der Waals surface area contributed by atoms with Crippen LogP contribution in [-0.4, -0.2) is 28.2 Å². The third-order valence-electron chi connectivity index (χ3n) is 3.49. The minimum Gasteiger partial charge on any atom is -0.481 e. The molecule has 8 heteroatoms. The maximum Gasteiger partial charge on any atom is 0.411 e. The van der Waals surface area contributed by atoms with Crippen LogP contribution in [0.2, 0.25) is 5.02 Å². The maximum atomic E-state index is 11.8. The van der Waals surface area contributed by atoms with Crippen LogP contribution in [0.1, 0.15) is 11.1 Å². The van der Waals surface area contributed by atoms with Gasteiger partial charge in [0.1, 0.15) is 6.61 Å². The Labute approximate surface area is 154 Å². The number of amides is 1. The molecule has 0 radical (unpaired) electrons. The summed E-state index contributed by atoms with van der Waals surface area (Å²) >= 11 is 5.76. The molecule has 0 atom stereocenters. The summed E-state index contributed by atoms with van der Waals surface area (Å²) in [4.78, 5) is 33.7. The summed E-state index contributed by atoms with van der Waals surface area (Å²) in [6.45, 7) is -0.0436. The van der Waals surface area contributed by atoms with Crippen LogP contribution < -0.4 is 5.32 Å². The van der Waals surface area contributed by atoms with Crippen molar-refractivity contribution in [1.29, 1.82) is 0 Å². The van der Waals surface area contributed by atoms with Crippen LogP contribution in [-0.2, 0) is 27.4 Å². The van der Waals surface area contributed by atoms with Crippen molar-refractivity contribution in [2.45, 2.75) is 13.0 Å². The number of benzene rings is 2. The smallest absolute Gasteiger partial charge is 0.411 e. The molecule has 0 saturated carbocycles.